The number of benzene rings is 1. The van der Waals surface area contributed by atoms with Crippen LogP contribution in [0.5, 0.6) is 0 Å². The van der Waals surface area contributed by atoms with Crippen molar-refractivity contribution in [1.82, 2.24) is 15.0 Å². The highest BCUT2D eigenvalue weighted by Gasteiger charge is 2.14. The van der Waals surface area contributed by atoms with E-state index in [1.165, 1.54) is 0 Å². The van der Waals surface area contributed by atoms with E-state index in [0.717, 1.165) is 25.1 Å². The zero-order valence-electron chi connectivity index (χ0n) is 16.8. The Bertz CT molecular complexity index is 1040. The number of carbonyl (C=O) groups excluding carboxylic acids is 1. The lowest BCUT2D eigenvalue weighted by Gasteiger charge is -2.16. The van der Waals surface area contributed by atoms with E-state index in [1.807, 2.05) is 30.7 Å². The fraction of sp³-hybridized carbons (Fsp3) is 0.316. The molecule has 2 unspecified atom stereocenters. The summed E-state index contributed by atoms with van der Waals surface area (Å²) in [5, 5.41) is 15.4. The van der Waals surface area contributed by atoms with Crippen LogP contribution in [0, 0.1) is 5.92 Å². The number of carbonyl (C=O) groups is 1. The Morgan fingerprint density at radius 2 is 2.03 bits per heavy atom. The molecule has 6 N–H and O–H groups in total. The lowest BCUT2D eigenvalue weighted by Crippen LogP contribution is -2.28. The molecular weight excluding hydrogens is 438 g/mol. The maximum atomic E-state index is 11.5. The van der Waals surface area contributed by atoms with E-state index >= 15 is 0 Å². The number of fused-ring (bicyclic) bond motifs is 1. The third-order valence-electron chi connectivity index (χ3n) is 4.33. The molecule has 2 heterocycles. The minimum Gasteiger partial charge on any atom is -0.370 e. The molecule has 1 aromatic carbocycles. The smallest absolute Gasteiger partial charge is 0.222 e. The molecule has 0 saturated heterocycles. The van der Waals surface area contributed by atoms with Crippen molar-refractivity contribution in [3.8, 4) is 0 Å². The highest BCUT2D eigenvalue weighted by molar-refractivity contribution is 8.13. The second kappa shape index (κ2) is 10.7. The number of thioether (sulfide) groups is 1. The molecule has 11 heteroatoms. The van der Waals surface area contributed by atoms with Crippen LogP contribution in [-0.2, 0) is 4.79 Å². The van der Waals surface area contributed by atoms with Crippen LogP contribution in [0.15, 0.2) is 40.4 Å². The average molecular weight is 464 g/mol. The Balaban J connectivity index is 1.63. The topological polar surface area (TPSA) is 132 Å². The zero-order chi connectivity index (χ0) is 21.5. The largest absolute Gasteiger partial charge is 0.370 e. The highest BCUT2D eigenvalue weighted by Crippen LogP contribution is 2.30. The summed E-state index contributed by atoms with van der Waals surface area (Å²) >= 11 is 3.15. The standard InChI is InChI=1S/C19H25N7OS3/c1-3-30(21)14-4-5-15-16(7-14)29-19(26-15)25-9-12(6-17(20)27)8-22-18-23-10-13(28-2)11-24-18/h3-5,7,10-12H,6,8-9,21H2,1-2H3,(H2,20,27)(H,25,26)(H,22,23,24). The second-order valence-corrected chi connectivity index (χ2v) is 10.1. The van der Waals surface area contributed by atoms with Crippen LogP contribution in [-0.4, -0.2) is 45.6 Å². The van der Waals surface area contributed by atoms with Gasteiger partial charge in [-0.15, -0.1) is 11.8 Å². The van der Waals surface area contributed by atoms with E-state index in [9.17, 15) is 4.79 Å². The quantitative estimate of drug-likeness (QED) is 0.266. The third-order valence-corrected chi connectivity index (χ3v) is 7.29. The minimum absolute atomic E-state index is 0.0292. The first-order valence-corrected chi connectivity index (χ1v) is 12.7. The fourth-order valence-electron chi connectivity index (χ4n) is 2.74. The Labute approximate surface area is 186 Å². The van der Waals surface area contributed by atoms with Crippen LogP contribution in [0.2, 0.25) is 0 Å². The first-order chi connectivity index (χ1) is 14.5. The van der Waals surface area contributed by atoms with Gasteiger partial charge >= 0.3 is 0 Å². The predicted molar refractivity (Wildman–Crippen MR) is 129 cm³/mol. The van der Waals surface area contributed by atoms with Gasteiger partial charge in [0.1, 0.15) is 0 Å². The zero-order valence-corrected chi connectivity index (χ0v) is 19.2. The number of hydrogen-bond donors (Lipinski definition) is 4. The number of anilines is 2. The van der Waals surface area contributed by atoms with Crippen molar-refractivity contribution in [3.63, 3.8) is 0 Å². The molecule has 0 spiro atoms. The van der Waals surface area contributed by atoms with Crippen molar-refractivity contribution in [2.24, 2.45) is 16.8 Å². The number of thiazole rings is 1. The molecular formula is C19H25N7OS3. The molecule has 0 fully saturated rings. The average Bonchev–Trinajstić information content (AvgIpc) is 3.17. The van der Waals surface area contributed by atoms with Gasteiger partial charge in [-0.05, 0) is 36.7 Å². The number of nitrogens with two attached hydrogens (primary N) is 2. The van der Waals surface area contributed by atoms with Crippen LogP contribution in [0.3, 0.4) is 0 Å². The number of rotatable bonds is 10. The predicted octanol–water partition coefficient (Wildman–Crippen LogP) is 3.15. The van der Waals surface area contributed by atoms with Crippen LogP contribution in [0.1, 0.15) is 13.3 Å². The fourth-order valence-corrected chi connectivity index (χ4v) is 4.80. The maximum absolute atomic E-state index is 11.5. The summed E-state index contributed by atoms with van der Waals surface area (Å²) < 4.78 is 1.08. The lowest BCUT2D eigenvalue weighted by atomic mass is 10.1. The van der Waals surface area contributed by atoms with Crippen LogP contribution < -0.4 is 21.5 Å². The van der Waals surface area contributed by atoms with Crippen LogP contribution in [0.25, 0.3) is 10.2 Å². The third kappa shape index (κ3) is 6.14. The number of aromatic nitrogens is 3. The molecule has 8 nitrogen and oxygen atoms in total. The van der Waals surface area contributed by atoms with E-state index in [0.29, 0.717) is 19.0 Å². The molecule has 0 radical (unpaired) electrons. The van der Waals surface area contributed by atoms with Crippen molar-refractivity contribution in [2.75, 3.05) is 30.0 Å². The number of primary amides is 1. The molecule has 3 rings (SSSR count). The van der Waals surface area contributed by atoms with Gasteiger partial charge in [0.25, 0.3) is 0 Å². The Kier molecular flexibility index (Phi) is 8.02. The van der Waals surface area contributed by atoms with Gasteiger partial charge in [-0.2, -0.15) is 0 Å². The molecule has 30 heavy (non-hydrogen) atoms. The lowest BCUT2D eigenvalue weighted by molar-refractivity contribution is -0.118. The summed E-state index contributed by atoms with van der Waals surface area (Å²) in [4.78, 5) is 26.7. The summed E-state index contributed by atoms with van der Waals surface area (Å²) in [6.45, 7) is 3.03. The van der Waals surface area contributed by atoms with Gasteiger partial charge in [-0.3, -0.25) is 9.93 Å². The first-order valence-electron chi connectivity index (χ1n) is 9.28. The summed E-state index contributed by atoms with van der Waals surface area (Å²) in [7, 11) is -0.367. The van der Waals surface area contributed by atoms with Gasteiger partial charge in [0.05, 0.1) is 10.2 Å². The minimum atomic E-state index is -0.367. The van der Waals surface area contributed by atoms with E-state index in [4.69, 9.17) is 10.9 Å². The molecule has 160 valence electrons. The monoisotopic (exact) mass is 463 g/mol. The number of nitrogens with one attached hydrogen (secondary N) is 2. The molecule has 0 aliphatic carbocycles. The molecule has 0 aliphatic rings. The first kappa shape index (κ1) is 22.5. The molecule has 0 bridgehead atoms. The maximum Gasteiger partial charge on any atom is 0.222 e. The van der Waals surface area contributed by atoms with E-state index in [-0.39, 0.29) is 28.9 Å². The highest BCUT2D eigenvalue weighted by atomic mass is 32.2. The Morgan fingerprint density at radius 3 is 2.70 bits per heavy atom. The van der Waals surface area contributed by atoms with Gasteiger partial charge in [0, 0.05) is 47.6 Å². The van der Waals surface area contributed by atoms with Crippen molar-refractivity contribution in [1.29, 1.82) is 0 Å². The van der Waals surface area contributed by atoms with Gasteiger partial charge in [0.15, 0.2) is 5.13 Å². The van der Waals surface area contributed by atoms with E-state index < -0.39 is 0 Å². The molecule has 3 aromatic rings. The summed E-state index contributed by atoms with van der Waals surface area (Å²) in [5.74, 6) is 0.153. The second-order valence-electron chi connectivity index (χ2n) is 6.50. The molecule has 1 amide bonds. The van der Waals surface area contributed by atoms with E-state index in [1.54, 1.807) is 35.5 Å². The number of nitrogens with zero attached hydrogens (tertiary/aromatic N) is 3. The van der Waals surface area contributed by atoms with Crippen LogP contribution >= 0.6 is 33.8 Å². The molecule has 0 saturated carbocycles. The summed E-state index contributed by atoms with van der Waals surface area (Å²) in [5.41, 5.74) is 6.36. The van der Waals surface area contributed by atoms with Crippen molar-refractivity contribution < 1.29 is 4.79 Å². The normalized spacial score (nSPS) is 13.3. The summed E-state index contributed by atoms with van der Waals surface area (Å²) in [6, 6.07) is 6.08. The van der Waals surface area contributed by atoms with Crippen molar-refractivity contribution >= 4 is 66.3 Å². The summed E-state index contributed by atoms with van der Waals surface area (Å²) in [6.07, 6.45) is 5.75. The number of hydrogen-bond acceptors (Lipinski definition) is 9. The molecule has 2 aromatic heterocycles. The Hall–Kier alpha value is -2.21. The van der Waals surface area contributed by atoms with Gasteiger partial charge in [-0.25, -0.2) is 15.0 Å². The van der Waals surface area contributed by atoms with E-state index in [2.05, 4.69) is 31.7 Å². The molecule has 2 atom stereocenters. The Morgan fingerprint density at radius 1 is 1.30 bits per heavy atom. The molecule has 0 aliphatic heterocycles. The van der Waals surface area contributed by atoms with Crippen molar-refractivity contribution in [2.45, 2.75) is 23.1 Å². The van der Waals surface area contributed by atoms with Gasteiger partial charge in [-0.1, -0.05) is 22.0 Å². The van der Waals surface area contributed by atoms with Crippen molar-refractivity contribution in [3.05, 3.63) is 30.6 Å². The van der Waals surface area contributed by atoms with Gasteiger partial charge in [0.2, 0.25) is 11.9 Å². The van der Waals surface area contributed by atoms with Crippen LogP contribution in [0.4, 0.5) is 11.1 Å². The van der Waals surface area contributed by atoms with Gasteiger partial charge < -0.3 is 16.4 Å². The SMILES string of the molecule is C/C=S(/N)c1ccc2nc(NCC(CNc3ncc(SC)cn3)CC(N)=O)sc2c1. The number of amides is 1.